The molecule has 2 aromatic rings. The van der Waals surface area contributed by atoms with Crippen LogP contribution in [0.25, 0.3) is 11.2 Å². The van der Waals surface area contributed by atoms with Gasteiger partial charge in [0.25, 0.3) is 0 Å². The first-order valence-electron chi connectivity index (χ1n) is 12.9. The van der Waals surface area contributed by atoms with Crippen LogP contribution in [0.3, 0.4) is 0 Å². The Kier molecular flexibility index (Phi) is 4.06. The van der Waals surface area contributed by atoms with Crippen molar-refractivity contribution in [2.45, 2.75) is 76.9 Å². The molecule has 2 heterocycles. The lowest BCUT2D eigenvalue weighted by Crippen LogP contribution is -2.50. The summed E-state index contributed by atoms with van der Waals surface area (Å²) in [5.41, 5.74) is 1.30. The van der Waals surface area contributed by atoms with E-state index in [-0.39, 0.29) is 16.9 Å². The number of aromatic nitrogens is 4. The predicted octanol–water partition coefficient (Wildman–Crippen LogP) is 4.03. The molecule has 5 saturated carbocycles. The summed E-state index contributed by atoms with van der Waals surface area (Å²) in [5, 5.41) is 19.1. The Bertz CT molecular complexity index is 1080. The highest BCUT2D eigenvalue weighted by Crippen LogP contribution is 2.68. The fourth-order valence-electron chi connectivity index (χ4n) is 9.39. The number of hydrogen-bond donors (Lipinski definition) is 1. The first-order chi connectivity index (χ1) is 15.5. The molecule has 0 aliphatic heterocycles. The molecule has 7 rings (SSSR count). The Morgan fingerprint density at radius 1 is 1.06 bits per heavy atom. The Labute approximate surface area is 189 Å². The van der Waals surface area contributed by atoms with Gasteiger partial charge in [0.1, 0.15) is 12.1 Å². The Hall–Kier alpha value is -1.82. The monoisotopic (exact) mass is 434 g/mol. The first kappa shape index (κ1) is 19.6. The van der Waals surface area contributed by atoms with E-state index in [1.54, 1.807) is 10.9 Å². The molecule has 0 saturated heterocycles. The molecule has 2 aromatic heterocycles. The van der Waals surface area contributed by atoms with E-state index in [4.69, 9.17) is 0 Å². The number of nitrogens with zero attached hydrogens (tertiary/aromatic N) is 4. The summed E-state index contributed by atoms with van der Waals surface area (Å²) >= 11 is 0. The molecule has 6 heteroatoms. The highest BCUT2D eigenvalue weighted by atomic mass is 16.3. The number of fused-ring (bicyclic) bond motifs is 8. The average molecular weight is 435 g/mol. The number of Topliss-reactive ketones (excluding diaryl/α,β-unsaturated/α-hetero) is 1. The van der Waals surface area contributed by atoms with Crippen LogP contribution in [0.5, 0.6) is 0 Å². The van der Waals surface area contributed by atoms with Crippen molar-refractivity contribution in [3.63, 3.8) is 0 Å². The Morgan fingerprint density at radius 2 is 1.84 bits per heavy atom. The van der Waals surface area contributed by atoms with Gasteiger partial charge in [0, 0.05) is 12.1 Å². The molecule has 0 bridgehead atoms. The molecule has 170 valence electrons. The number of pyridine rings is 1. The smallest absolute Gasteiger partial charge is 0.178 e. The second kappa shape index (κ2) is 6.62. The van der Waals surface area contributed by atoms with Crippen LogP contribution in [0.15, 0.2) is 18.3 Å². The van der Waals surface area contributed by atoms with E-state index < -0.39 is 0 Å². The zero-order valence-electron chi connectivity index (χ0n) is 19.0. The zero-order chi connectivity index (χ0) is 21.7. The maximum atomic E-state index is 13.5. The second-order valence-corrected chi connectivity index (χ2v) is 12.0. The minimum Gasteiger partial charge on any atom is -0.390 e. The van der Waals surface area contributed by atoms with Crippen LogP contribution in [-0.2, 0) is 11.3 Å². The van der Waals surface area contributed by atoms with Gasteiger partial charge in [-0.1, -0.05) is 12.1 Å². The maximum Gasteiger partial charge on any atom is 0.178 e. The number of carbonyl (C=O) groups is 1. The van der Waals surface area contributed by atoms with Crippen LogP contribution in [0.4, 0.5) is 0 Å². The summed E-state index contributed by atoms with van der Waals surface area (Å²) in [6.07, 6.45) is 12.4. The minimum absolute atomic E-state index is 0.129. The van der Waals surface area contributed by atoms with Gasteiger partial charge in [0.15, 0.2) is 11.4 Å². The van der Waals surface area contributed by atoms with Gasteiger partial charge in [-0.3, -0.25) is 4.79 Å². The molecule has 5 aliphatic rings. The normalized spacial score (nSPS) is 46.8. The van der Waals surface area contributed by atoms with E-state index in [2.05, 4.69) is 22.2 Å². The van der Waals surface area contributed by atoms with Gasteiger partial charge in [-0.15, -0.1) is 5.10 Å². The van der Waals surface area contributed by atoms with Crippen molar-refractivity contribution < 1.29 is 9.90 Å². The average Bonchev–Trinajstić information content (AvgIpc) is 3.15. The lowest BCUT2D eigenvalue weighted by molar-refractivity contribution is -0.131. The summed E-state index contributed by atoms with van der Waals surface area (Å²) in [6, 6.07) is 3.75. The number of ketones is 1. The maximum absolute atomic E-state index is 13.5. The molecule has 0 amide bonds. The molecule has 0 spiro atoms. The van der Waals surface area contributed by atoms with Crippen LogP contribution in [-0.4, -0.2) is 36.5 Å². The van der Waals surface area contributed by atoms with Crippen molar-refractivity contribution in [3.8, 4) is 0 Å². The van der Waals surface area contributed by atoms with E-state index in [1.807, 2.05) is 12.1 Å². The van der Waals surface area contributed by atoms with Gasteiger partial charge in [0.05, 0.1) is 5.60 Å². The summed E-state index contributed by atoms with van der Waals surface area (Å²) < 4.78 is 1.70. The predicted molar refractivity (Wildman–Crippen MR) is 119 cm³/mol. The molecule has 32 heavy (non-hydrogen) atoms. The molecular weight excluding hydrogens is 400 g/mol. The van der Waals surface area contributed by atoms with E-state index in [9.17, 15) is 9.90 Å². The molecule has 5 aliphatic carbocycles. The van der Waals surface area contributed by atoms with Crippen molar-refractivity contribution in [1.29, 1.82) is 0 Å². The SMILES string of the molecule is C[C@]12CC[C@@H]3[C@H]4CC[C@]5(O)CC5[C@H]4CC[C@H]3[C@@H]1CC[C@@H]2C(=O)Cn1nnc2cccnc21. The van der Waals surface area contributed by atoms with Crippen molar-refractivity contribution >= 4 is 16.9 Å². The van der Waals surface area contributed by atoms with Gasteiger partial charge in [-0.05, 0) is 111 Å². The standard InChI is InChI=1S/C26H34N4O2/c1-25-10-8-15-16-9-11-26(32)13-21(26)18(16)5-4-17(15)19(25)6-7-20(25)23(31)14-30-24-22(28-29-30)3-2-12-27-24/h2-3,12,15-21,32H,4-11,13-14H2,1H3/t15-,16-,17-,18+,19+,20-,21?,25+,26+/m1/s1. The van der Waals surface area contributed by atoms with Gasteiger partial charge < -0.3 is 5.11 Å². The quantitative estimate of drug-likeness (QED) is 0.789. The molecular formula is C26H34N4O2. The van der Waals surface area contributed by atoms with E-state index >= 15 is 0 Å². The van der Waals surface area contributed by atoms with Crippen molar-refractivity contribution in [2.75, 3.05) is 0 Å². The third-order valence-corrected chi connectivity index (χ3v) is 10.9. The zero-order valence-corrected chi connectivity index (χ0v) is 19.0. The van der Waals surface area contributed by atoms with Crippen LogP contribution in [0.2, 0.25) is 0 Å². The minimum atomic E-state index is -0.289. The second-order valence-electron chi connectivity index (χ2n) is 12.0. The Balaban J connectivity index is 1.11. The third kappa shape index (κ3) is 2.62. The summed E-state index contributed by atoms with van der Waals surface area (Å²) in [7, 11) is 0. The van der Waals surface area contributed by atoms with Crippen LogP contribution < -0.4 is 0 Å². The summed E-state index contributed by atoms with van der Waals surface area (Å²) in [5.74, 6) is 4.94. The summed E-state index contributed by atoms with van der Waals surface area (Å²) in [4.78, 5) is 17.9. The molecule has 9 atom stereocenters. The number of aliphatic hydroxyl groups is 1. The third-order valence-electron chi connectivity index (χ3n) is 10.9. The van der Waals surface area contributed by atoms with Crippen molar-refractivity contribution in [3.05, 3.63) is 18.3 Å². The van der Waals surface area contributed by atoms with E-state index in [0.717, 1.165) is 48.5 Å². The fraction of sp³-hybridized carbons (Fsp3) is 0.769. The number of carbonyl (C=O) groups excluding carboxylic acids is 1. The van der Waals surface area contributed by atoms with Gasteiger partial charge in [-0.2, -0.15) is 0 Å². The number of rotatable bonds is 3. The molecule has 1 N–H and O–H groups in total. The van der Waals surface area contributed by atoms with Crippen LogP contribution >= 0.6 is 0 Å². The topological polar surface area (TPSA) is 80.9 Å². The van der Waals surface area contributed by atoms with Crippen LogP contribution in [0, 0.1) is 46.8 Å². The van der Waals surface area contributed by atoms with Gasteiger partial charge in [-0.25, -0.2) is 9.67 Å². The lowest BCUT2D eigenvalue weighted by Gasteiger charge is -2.56. The van der Waals surface area contributed by atoms with E-state index in [0.29, 0.717) is 29.8 Å². The lowest BCUT2D eigenvalue weighted by atomic mass is 9.49. The van der Waals surface area contributed by atoms with Gasteiger partial charge in [0.2, 0.25) is 0 Å². The van der Waals surface area contributed by atoms with Gasteiger partial charge >= 0.3 is 0 Å². The van der Waals surface area contributed by atoms with E-state index in [1.165, 1.54) is 38.5 Å². The first-order valence-corrected chi connectivity index (χ1v) is 12.9. The molecule has 0 radical (unpaired) electrons. The highest BCUT2D eigenvalue weighted by molar-refractivity contribution is 5.83. The fourth-order valence-corrected chi connectivity index (χ4v) is 9.39. The highest BCUT2D eigenvalue weighted by Gasteiger charge is 2.65. The number of hydrogen-bond acceptors (Lipinski definition) is 5. The van der Waals surface area contributed by atoms with Crippen LogP contribution in [0.1, 0.15) is 64.7 Å². The molecule has 1 unspecified atom stereocenters. The molecule has 5 fully saturated rings. The molecule has 0 aromatic carbocycles. The van der Waals surface area contributed by atoms with Crippen molar-refractivity contribution in [2.24, 2.45) is 46.8 Å². The Morgan fingerprint density at radius 3 is 2.69 bits per heavy atom. The van der Waals surface area contributed by atoms with Crippen molar-refractivity contribution in [1.82, 2.24) is 20.0 Å². The summed E-state index contributed by atoms with van der Waals surface area (Å²) in [6.45, 7) is 2.72. The largest absolute Gasteiger partial charge is 0.390 e. The molecule has 6 nitrogen and oxygen atoms in total.